The molecule has 2 atom stereocenters. The van der Waals surface area contributed by atoms with Gasteiger partial charge in [0.05, 0.1) is 17.9 Å². The lowest BCUT2D eigenvalue weighted by molar-refractivity contribution is -0.169. The predicted octanol–water partition coefficient (Wildman–Crippen LogP) is 0.500. The monoisotopic (exact) mass is 230 g/mol. The van der Waals surface area contributed by atoms with E-state index in [1.165, 1.54) is 0 Å². The van der Waals surface area contributed by atoms with Gasteiger partial charge in [-0.05, 0) is 20.3 Å². The van der Waals surface area contributed by atoms with Crippen molar-refractivity contribution < 1.29 is 24.2 Å². The molecule has 5 nitrogen and oxygen atoms in total. The van der Waals surface area contributed by atoms with Crippen molar-refractivity contribution in [2.24, 2.45) is 11.3 Å². The van der Waals surface area contributed by atoms with Gasteiger partial charge in [0, 0.05) is 0 Å². The number of carbonyl (C=O) groups excluding carboxylic acids is 2. The first-order valence-corrected chi connectivity index (χ1v) is 5.41. The van der Waals surface area contributed by atoms with E-state index in [4.69, 9.17) is 14.6 Å². The molecule has 0 spiro atoms. The Morgan fingerprint density at radius 2 is 2.25 bits per heavy atom. The third-order valence-electron chi connectivity index (χ3n) is 3.01. The van der Waals surface area contributed by atoms with Gasteiger partial charge >= 0.3 is 11.9 Å². The molecule has 0 saturated carbocycles. The van der Waals surface area contributed by atoms with Crippen molar-refractivity contribution in [1.82, 2.24) is 0 Å². The van der Waals surface area contributed by atoms with Crippen LogP contribution in [0, 0.1) is 11.3 Å². The maximum absolute atomic E-state index is 11.7. The first-order valence-electron chi connectivity index (χ1n) is 5.41. The van der Waals surface area contributed by atoms with E-state index in [1.807, 2.05) is 6.92 Å². The van der Waals surface area contributed by atoms with E-state index in [0.717, 1.165) is 0 Å². The van der Waals surface area contributed by atoms with Crippen molar-refractivity contribution in [1.29, 1.82) is 0 Å². The minimum atomic E-state index is -0.955. The zero-order valence-electron chi connectivity index (χ0n) is 9.86. The van der Waals surface area contributed by atoms with Crippen molar-refractivity contribution >= 4 is 11.9 Å². The molecular weight excluding hydrogens is 212 g/mol. The zero-order valence-corrected chi connectivity index (χ0v) is 9.86. The highest BCUT2D eigenvalue weighted by Crippen LogP contribution is 2.26. The molecule has 0 aromatic carbocycles. The van der Waals surface area contributed by atoms with E-state index in [9.17, 15) is 9.59 Å². The fraction of sp³-hybridized carbons (Fsp3) is 0.818. The number of esters is 2. The fourth-order valence-electron chi connectivity index (χ4n) is 1.26. The van der Waals surface area contributed by atoms with Gasteiger partial charge in [-0.15, -0.1) is 0 Å². The van der Waals surface area contributed by atoms with E-state index in [0.29, 0.717) is 6.42 Å². The molecule has 1 aliphatic heterocycles. The molecule has 0 bridgehead atoms. The van der Waals surface area contributed by atoms with Crippen LogP contribution in [0.1, 0.15) is 27.2 Å². The summed E-state index contributed by atoms with van der Waals surface area (Å²) < 4.78 is 9.85. The van der Waals surface area contributed by atoms with Crippen molar-refractivity contribution in [3.8, 4) is 0 Å². The first kappa shape index (κ1) is 13.0. The van der Waals surface area contributed by atoms with E-state index < -0.39 is 29.4 Å². The Balaban J connectivity index is 2.66. The number of aliphatic hydroxyl groups excluding tert-OH is 1. The van der Waals surface area contributed by atoms with Crippen LogP contribution in [0.5, 0.6) is 0 Å². The topological polar surface area (TPSA) is 72.8 Å². The molecule has 16 heavy (non-hydrogen) atoms. The van der Waals surface area contributed by atoms with Crippen LogP contribution in [-0.2, 0) is 19.1 Å². The lowest BCUT2D eigenvalue weighted by Crippen LogP contribution is -2.36. The molecule has 5 heteroatoms. The normalized spacial score (nSPS) is 25.4. The number of carbonyl (C=O) groups is 2. The van der Waals surface area contributed by atoms with Gasteiger partial charge in [-0.3, -0.25) is 4.79 Å². The van der Waals surface area contributed by atoms with Crippen molar-refractivity contribution in [3.05, 3.63) is 0 Å². The highest BCUT2D eigenvalue weighted by atomic mass is 16.6. The van der Waals surface area contributed by atoms with Gasteiger partial charge in [-0.25, -0.2) is 4.79 Å². The minimum absolute atomic E-state index is 0.111. The second-order valence-corrected chi connectivity index (χ2v) is 4.64. The fourth-order valence-corrected chi connectivity index (χ4v) is 1.26. The maximum Gasteiger partial charge on any atom is 0.347 e. The Hall–Kier alpha value is -1.10. The number of aliphatic hydroxyl groups is 1. The van der Waals surface area contributed by atoms with Gasteiger partial charge in [-0.2, -0.15) is 0 Å². The molecule has 1 heterocycles. The number of ether oxygens (including phenoxy) is 2. The molecule has 1 rings (SSSR count). The Morgan fingerprint density at radius 3 is 2.75 bits per heavy atom. The standard InChI is InChI=1S/C11H18O5/c1-4-11(2,3)10(14)16-8-7(5-12)6-15-9(8)13/h7-8,12H,4-6H2,1-3H3. The summed E-state index contributed by atoms with van der Waals surface area (Å²) in [5.41, 5.74) is -0.622. The Kier molecular flexibility index (Phi) is 3.91. The second-order valence-electron chi connectivity index (χ2n) is 4.64. The molecule has 1 N–H and O–H groups in total. The van der Waals surface area contributed by atoms with Crippen molar-refractivity contribution in [2.75, 3.05) is 13.2 Å². The van der Waals surface area contributed by atoms with Crippen molar-refractivity contribution in [3.63, 3.8) is 0 Å². The van der Waals surface area contributed by atoms with E-state index in [2.05, 4.69) is 0 Å². The van der Waals surface area contributed by atoms with Gasteiger partial charge in [0.1, 0.15) is 6.61 Å². The third kappa shape index (κ3) is 2.52. The summed E-state index contributed by atoms with van der Waals surface area (Å²) in [5, 5.41) is 9.00. The third-order valence-corrected chi connectivity index (χ3v) is 3.01. The van der Waals surface area contributed by atoms with Gasteiger partial charge in [0.2, 0.25) is 6.10 Å². The average molecular weight is 230 g/mol. The number of hydrogen-bond acceptors (Lipinski definition) is 5. The lowest BCUT2D eigenvalue weighted by atomic mass is 9.90. The summed E-state index contributed by atoms with van der Waals surface area (Å²) in [4.78, 5) is 23.0. The Labute approximate surface area is 94.7 Å². The highest BCUT2D eigenvalue weighted by Gasteiger charge is 2.42. The number of rotatable bonds is 4. The Bertz CT molecular complexity index is 284. The molecule has 0 aromatic rings. The van der Waals surface area contributed by atoms with Crippen LogP contribution in [0.4, 0.5) is 0 Å². The highest BCUT2D eigenvalue weighted by molar-refractivity contribution is 5.83. The summed E-state index contributed by atoms with van der Waals surface area (Å²) >= 11 is 0. The molecular formula is C11H18O5. The van der Waals surface area contributed by atoms with Crippen molar-refractivity contribution in [2.45, 2.75) is 33.3 Å². The molecule has 1 saturated heterocycles. The van der Waals surface area contributed by atoms with E-state index in [1.54, 1.807) is 13.8 Å². The number of hydrogen-bond donors (Lipinski definition) is 1. The van der Waals surface area contributed by atoms with Crippen LogP contribution in [0.2, 0.25) is 0 Å². The van der Waals surface area contributed by atoms with Crippen LogP contribution in [0.3, 0.4) is 0 Å². The summed E-state index contributed by atoms with van der Waals surface area (Å²) in [7, 11) is 0. The van der Waals surface area contributed by atoms with Crippen LogP contribution in [0.25, 0.3) is 0 Å². The van der Waals surface area contributed by atoms with Crippen LogP contribution in [-0.4, -0.2) is 36.4 Å². The predicted molar refractivity (Wildman–Crippen MR) is 55.5 cm³/mol. The van der Waals surface area contributed by atoms with E-state index >= 15 is 0 Å². The average Bonchev–Trinajstić information content (AvgIpc) is 2.60. The molecule has 92 valence electrons. The van der Waals surface area contributed by atoms with Gasteiger partial charge in [0.15, 0.2) is 0 Å². The second kappa shape index (κ2) is 4.82. The SMILES string of the molecule is CCC(C)(C)C(=O)OC1C(=O)OCC1CO. The molecule has 1 aliphatic rings. The van der Waals surface area contributed by atoms with Gasteiger partial charge < -0.3 is 14.6 Å². The molecule has 0 aliphatic carbocycles. The molecule has 1 fully saturated rings. The van der Waals surface area contributed by atoms with Crippen LogP contribution < -0.4 is 0 Å². The van der Waals surface area contributed by atoms with E-state index in [-0.39, 0.29) is 13.2 Å². The summed E-state index contributed by atoms with van der Waals surface area (Å²) in [6, 6.07) is 0. The zero-order chi connectivity index (χ0) is 12.3. The quantitative estimate of drug-likeness (QED) is 0.712. The molecule has 2 unspecified atom stereocenters. The molecule has 0 aromatic heterocycles. The molecule has 0 radical (unpaired) electrons. The Morgan fingerprint density at radius 1 is 1.62 bits per heavy atom. The van der Waals surface area contributed by atoms with Crippen LogP contribution in [0.15, 0.2) is 0 Å². The summed E-state index contributed by atoms with van der Waals surface area (Å²) in [6.45, 7) is 5.26. The lowest BCUT2D eigenvalue weighted by Gasteiger charge is -2.23. The summed E-state index contributed by atoms with van der Waals surface area (Å²) in [5.74, 6) is -1.44. The van der Waals surface area contributed by atoms with Gasteiger partial charge in [-0.1, -0.05) is 6.92 Å². The largest absolute Gasteiger partial charge is 0.462 e. The summed E-state index contributed by atoms with van der Waals surface area (Å²) in [6.07, 6.45) is -0.333. The molecule has 0 amide bonds. The number of cyclic esters (lactones) is 1. The van der Waals surface area contributed by atoms with Crippen LogP contribution >= 0.6 is 0 Å². The smallest absolute Gasteiger partial charge is 0.347 e. The van der Waals surface area contributed by atoms with Gasteiger partial charge in [0.25, 0.3) is 0 Å². The minimum Gasteiger partial charge on any atom is -0.462 e. The maximum atomic E-state index is 11.7. The first-order chi connectivity index (χ1) is 7.42.